The Morgan fingerprint density at radius 1 is 1.10 bits per heavy atom. The number of hydrogen-bond acceptors (Lipinski definition) is 2. The lowest BCUT2D eigenvalue weighted by Crippen LogP contribution is -2.52. The maximum atomic E-state index is 6.42. The van der Waals surface area contributed by atoms with Gasteiger partial charge in [0.2, 0.25) is 0 Å². The van der Waals surface area contributed by atoms with Crippen molar-refractivity contribution in [2.75, 3.05) is 20.1 Å². The number of hydrogen-bond donors (Lipinski definition) is 1. The largest absolute Gasteiger partial charge is 0.311 e. The molecule has 1 aliphatic heterocycles. The summed E-state index contributed by atoms with van der Waals surface area (Å²) in [4.78, 5) is 2.63. The van der Waals surface area contributed by atoms with Crippen molar-refractivity contribution >= 4 is 11.6 Å². The molecule has 1 aliphatic rings. The van der Waals surface area contributed by atoms with Crippen molar-refractivity contribution in [3.8, 4) is 0 Å². The van der Waals surface area contributed by atoms with Crippen molar-refractivity contribution in [3.05, 3.63) is 34.9 Å². The number of halogens is 1. The van der Waals surface area contributed by atoms with Gasteiger partial charge in [0.25, 0.3) is 0 Å². The van der Waals surface area contributed by atoms with E-state index < -0.39 is 0 Å². The number of likely N-dealkylation sites (tertiary alicyclic amines) is 1. The molecule has 0 aliphatic carbocycles. The van der Waals surface area contributed by atoms with Gasteiger partial charge in [-0.1, -0.05) is 42.6 Å². The Labute approximate surface area is 128 Å². The smallest absolute Gasteiger partial charge is 0.0514 e. The second-order valence-corrected chi connectivity index (χ2v) is 6.71. The van der Waals surface area contributed by atoms with Crippen LogP contribution in [0.15, 0.2) is 24.3 Å². The second-order valence-electron chi connectivity index (χ2n) is 6.30. The van der Waals surface area contributed by atoms with Crippen LogP contribution in [0.2, 0.25) is 5.02 Å². The van der Waals surface area contributed by atoms with Crippen LogP contribution in [-0.4, -0.2) is 30.6 Å². The number of nitrogens with zero attached hydrogens (tertiary/aromatic N) is 1. The highest BCUT2D eigenvalue weighted by Gasteiger charge is 2.36. The Morgan fingerprint density at radius 2 is 1.70 bits per heavy atom. The molecule has 3 heteroatoms. The fourth-order valence-electron chi connectivity index (χ4n) is 3.43. The highest BCUT2D eigenvalue weighted by Crippen LogP contribution is 2.35. The molecule has 0 aromatic heterocycles. The van der Waals surface area contributed by atoms with Gasteiger partial charge in [-0.25, -0.2) is 0 Å². The van der Waals surface area contributed by atoms with Crippen LogP contribution in [0.25, 0.3) is 0 Å². The molecule has 1 aromatic carbocycles. The topological polar surface area (TPSA) is 15.3 Å². The molecule has 0 saturated carbocycles. The summed E-state index contributed by atoms with van der Waals surface area (Å²) in [6, 6.07) is 8.44. The van der Waals surface area contributed by atoms with Gasteiger partial charge < -0.3 is 5.32 Å². The fraction of sp³-hybridized carbons (Fsp3) is 0.647. The molecule has 0 bridgehead atoms. The average Bonchev–Trinajstić information content (AvgIpc) is 2.71. The van der Waals surface area contributed by atoms with E-state index in [1.807, 2.05) is 19.2 Å². The summed E-state index contributed by atoms with van der Waals surface area (Å²) in [6.07, 6.45) is 5.34. The molecule has 0 radical (unpaired) electrons. The molecule has 1 atom stereocenters. The van der Waals surface area contributed by atoms with Crippen LogP contribution in [0.5, 0.6) is 0 Å². The van der Waals surface area contributed by atoms with Crippen LogP contribution in [0.4, 0.5) is 0 Å². The van der Waals surface area contributed by atoms with E-state index in [1.165, 1.54) is 44.3 Å². The number of benzene rings is 1. The molecule has 1 heterocycles. The molecule has 112 valence electrons. The van der Waals surface area contributed by atoms with Gasteiger partial charge in [-0.3, -0.25) is 4.90 Å². The zero-order valence-electron chi connectivity index (χ0n) is 13.0. The van der Waals surface area contributed by atoms with E-state index >= 15 is 0 Å². The van der Waals surface area contributed by atoms with Crippen LogP contribution in [0.3, 0.4) is 0 Å². The SMILES string of the molecule is CNC(c1ccccc1Cl)C(C)(C)N1CCCCCC1. The van der Waals surface area contributed by atoms with Crippen LogP contribution in [0.1, 0.15) is 51.1 Å². The van der Waals surface area contributed by atoms with Crippen molar-refractivity contribution in [1.29, 1.82) is 0 Å². The normalized spacial score (nSPS) is 19.6. The van der Waals surface area contributed by atoms with Gasteiger partial charge in [0, 0.05) is 10.6 Å². The van der Waals surface area contributed by atoms with Gasteiger partial charge in [-0.05, 0) is 58.5 Å². The van der Waals surface area contributed by atoms with E-state index in [4.69, 9.17) is 11.6 Å². The van der Waals surface area contributed by atoms with Gasteiger partial charge in [-0.2, -0.15) is 0 Å². The van der Waals surface area contributed by atoms with E-state index in [2.05, 4.69) is 36.2 Å². The standard InChI is InChI=1S/C17H27ClN2/c1-17(2,20-12-8-4-5-9-13-20)16(19-3)14-10-6-7-11-15(14)18/h6-7,10-11,16,19H,4-5,8-9,12-13H2,1-3H3. The molecule has 1 unspecified atom stereocenters. The van der Waals surface area contributed by atoms with Crippen molar-refractivity contribution in [3.63, 3.8) is 0 Å². The Bertz CT molecular complexity index is 423. The lowest BCUT2D eigenvalue weighted by molar-refractivity contribution is 0.0865. The van der Waals surface area contributed by atoms with Crippen molar-refractivity contribution < 1.29 is 0 Å². The van der Waals surface area contributed by atoms with Crippen LogP contribution >= 0.6 is 11.6 Å². The number of nitrogens with one attached hydrogen (secondary N) is 1. The molecule has 1 saturated heterocycles. The minimum absolute atomic E-state index is 0.0596. The first kappa shape index (κ1) is 15.8. The first-order chi connectivity index (χ1) is 9.57. The molecule has 1 N–H and O–H groups in total. The highest BCUT2D eigenvalue weighted by molar-refractivity contribution is 6.31. The quantitative estimate of drug-likeness (QED) is 0.893. The van der Waals surface area contributed by atoms with Crippen molar-refractivity contribution in [2.24, 2.45) is 0 Å². The van der Waals surface area contributed by atoms with E-state index in [-0.39, 0.29) is 11.6 Å². The monoisotopic (exact) mass is 294 g/mol. The first-order valence-corrected chi connectivity index (χ1v) is 8.12. The molecule has 20 heavy (non-hydrogen) atoms. The second kappa shape index (κ2) is 6.93. The summed E-state index contributed by atoms with van der Waals surface area (Å²) < 4.78 is 0. The van der Waals surface area contributed by atoms with E-state index in [1.54, 1.807) is 0 Å². The third-order valence-corrected chi connectivity index (χ3v) is 4.98. The van der Waals surface area contributed by atoms with Gasteiger partial charge >= 0.3 is 0 Å². The first-order valence-electron chi connectivity index (χ1n) is 7.74. The Kier molecular flexibility index (Phi) is 5.48. The van der Waals surface area contributed by atoms with Gasteiger partial charge in [0.1, 0.15) is 0 Å². The lowest BCUT2D eigenvalue weighted by atomic mass is 9.86. The van der Waals surface area contributed by atoms with Crippen LogP contribution < -0.4 is 5.32 Å². The van der Waals surface area contributed by atoms with Crippen molar-refractivity contribution in [1.82, 2.24) is 10.2 Å². The van der Waals surface area contributed by atoms with Gasteiger partial charge in [-0.15, -0.1) is 0 Å². The molecule has 0 amide bonds. The summed E-state index contributed by atoms with van der Waals surface area (Å²) >= 11 is 6.42. The molecule has 2 nitrogen and oxygen atoms in total. The molecular formula is C17H27ClN2. The maximum absolute atomic E-state index is 6.42. The third-order valence-electron chi connectivity index (χ3n) is 4.63. The van der Waals surface area contributed by atoms with E-state index in [0.29, 0.717) is 0 Å². The maximum Gasteiger partial charge on any atom is 0.0514 e. The Hall–Kier alpha value is -0.570. The summed E-state index contributed by atoms with van der Waals surface area (Å²) in [6.45, 7) is 7.05. The summed E-state index contributed by atoms with van der Waals surface area (Å²) in [5.74, 6) is 0. The van der Waals surface area contributed by atoms with Gasteiger partial charge in [0.15, 0.2) is 0 Å². The van der Waals surface area contributed by atoms with Crippen LogP contribution in [-0.2, 0) is 0 Å². The minimum Gasteiger partial charge on any atom is -0.311 e. The number of rotatable bonds is 4. The lowest BCUT2D eigenvalue weighted by Gasteiger charge is -2.44. The summed E-state index contributed by atoms with van der Waals surface area (Å²) in [5.41, 5.74) is 1.26. The van der Waals surface area contributed by atoms with E-state index in [9.17, 15) is 0 Å². The molecule has 2 rings (SSSR count). The van der Waals surface area contributed by atoms with Crippen molar-refractivity contribution in [2.45, 2.75) is 51.1 Å². The Balaban J connectivity index is 2.26. The minimum atomic E-state index is 0.0596. The summed E-state index contributed by atoms with van der Waals surface area (Å²) in [5, 5.41) is 4.35. The predicted octanol–water partition coefficient (Wildman–Crippen LogP) is 4.26. The predicted molar refractivity (Wildman–Crippen MR) is 87.4 cm³/mol. The fourth-order valence-corrected chi connectivity index (χ4v) is 3.67. The highest BCUT2D eigenvalue weighted by atomic mass is 35.5. The molecular weight excluding hydrogens is 268 g/mol. The average molecular weight is 295 g/mol. The third kappa shape index (κ3) is 3.36. The van der Waals surface area contributed by atoms with Crippen LogP contribution in [0, 0.1) is 0 Å². The molecule has 1 aromatic rings. The zero-order chi connectivity index (χ0) is 14.6. The molecule has 0 spiro atoms. The zero-order valence-corrected chi connectivity index (χ0v) is 13.7. The van der Waals surface area contributed by atoms with Gasteiger partial charge in [0.05, 0.1) is 6.04 Å². The number of likely N-dealkylation sites (N-methyl/N-ethyl adjacent to an activating group) is 1. The van der Waals surface area contributed by atoms with E-state index in [0.717, 1.165) is 5.02 Å². The Morgan fingerprint density at radius 3 is 2.25 bits per heavy atom. The molecule has 1 fully saturated rings. The summed E-state index contributed by atoms with van der Waals surface area (Å²) in [7, 11) is 2.04.